The highest BCUT2D eigenvalue weighted by atomic mass is 15.2. The number of anilines is 1. The fourth-order valence-electron chi connectivity index (χ4n) is 1.05. The van der Waals surface area contributed by atoms with Crippen LogP contribution in [-0.2, 0) is 6.54 Å². The van der Waals surface area contributed by atoms with Gasteiger partial charge >= 0.3 is 0 Å². The van der Waals surface area contributed by atoms with Crippen LogP contribution in [0.25, 0.3) is 0 Å². The van der Waals surface area contributed by atoms with Crippen LogP contribution in [0, 0.1) is 0 Å². The highest BCUT2D eigenvalue weighted by Crippen LogP contribution is 2.00. The van der Waals surface area contributed by atoms with Crippen molar-refractivity contribution in [2.75, 3.05) is 19.3 Å². The molecule has 13 heavy (non-hydrogen) atoms. The standard InChI is InChI=1S/C9H18N4/c1-8(2)12(3)6-7-13-5-4-11-9(13)10/h4-5,8H,6-7H2,1-3H3,(H2,10,11). The molecule has 0 saturated carbocycles. The van der Waals surface area contributed by atoms with Gasteiger partial charge in [0.1, 0.15) is 0 Å². The van der Waals surface area contributed by atoms with Crippen molar-refractivity contribution < 1.29 is 0 Å². The molecular weight excluding hydrogens is 164 g/mol. The van der Waals surface area contributed by atoms with Gasteiger partial charge in [-0.3, -0.25) is 0 Å². The Hall–Kier alpha value is -1.03. The van der Waals surface area contributed by atoms with Crippen molar-refractivity contribution in [2.45, 2.75) is 26.4 Å². The Balaban J connectivity index is 2.39. The molecule has 1 heterocycles. The fraction of sp³-hybridized carbons (Fsp3) is 0.667. The van der Waals surface area contributed by atoms with Crippen LogP contribution in [0.5, 0.6) is 0 Å². The van der Waals surface area contributed by atoms with Gasteiger partial charge < -0.3 is 15.2 Å². The molecule has 0 aliphatic carbocycles. The SMILES string of the molecule is CC(C)N(C)CCn1ccnc1N. The van der Waals surface area contributed by atoms with Crippen LogP contribution in [0.15, 0.2) is 12.4 Å². The lowest BCUT2D eigenvalue weighted by molar-refractivity contribution is 0.263. The average Bonchev–Trinajstić information content (AvgIpc) is 2.47. The molecule has 0 unspecified atom stereocenters. The number of aromatic nitrogens is 2. The van der Waals surface area contributed by atoms with E-state index in [4.69, 9.17) is 5.73 Å². The number of nitrogen functional groups attached to an aromatic ring is 1. The summed E-state index contributed by atoms with van der Waals surface area (Å²) < 4.78 is 1.96. The Morgan fingerprint density at radius 3 is 2.77 bits per heavy atom. The molecule has 0 aliphatic heterocycles. The molecule has 0 aliphatic rings. The fourth-order valence-corrected chi connectivity index (χ4v) is 1.05. The first-order valence-corrected chi connectivity index (χ1v) is 4.58. The molecule has 2 N–H and O–H groups in total. The van der Waals surface area contributed by atoms with Gasteiger partial charge in [0, 0.05) is 31.5 Å². The van der Waals surface area contributed by atoms with Gasteiger partial charge in [-0.05, 0) is 20.9 Å². The topological polar surface area (TPSA) is 47.1 Å². The van der Waals surface area contributed by atoms with Crippen molar-refractivity contribution in [2.24, 2.45) is 0 Å². The average molecular weight is 182 g/mol. The second-order valence-electron chi connectivity index (χ2n) is 3.55. The van der Waals surface area contributed by atoms with Gasteiger partial charge in [0.15, 0.2) is 5.95 Å². The largest absolute Gasteiger partial charge is 0.369 e. The predicted molar refractivity (Wildman–Crippen MR) is 54.4 cm³/mol. The van der Waals surface area contributed by atoms with Gasteiger partial charge in [0.25, 0.3) is 0 Å². The van der Waals surface area contributed by atoms with Crippen molar-refractivity contribution in [1.82, 2.24) is 14.5 Å². The second-order valence-corrected chi connectivity index (χ2v) is 3.55. The first-order valence-electron chi connectivity index (χ1n) is 4.58. The van der Waals surface area contributed by atoms with Gasteiger partial charge in [-0.15, -0.1) is 0 Å². The van der Waals surface area contributed by atoms with Crippen molar-refractivity contribution in [3.8, 4) is 0 Å². The van der Waals surface area contributed by atoms with Crippen LogP contribution in [0.1, 0.15) is 13.8 Å². The van der Waals surface area contributed by atoms with Crippen molar-refractivity contribution in [3.05, 3.63) is 12.4 Å². The van der Waals surface area contributed by atoms with Crippen molar-refractivity contribution >= 4 is 5.95 Å². The number of likely N-dealkylation sites (N-methyl/N-ethyl adjacent to an activating group) is 1. The molecule has 0 spiro atoms. The third kappa shape index (κ3) is 2.73. The number of nitrogens with zero attached hydrogens (tertiary/aromatic N) is 3. The first kappa shape index (κ1) is 10.1. The zero-order chi connectivity index (χ0) is 9.84. The van der Waals surface area contributed by atoms with Gasteiger partial charge in [-0.25, -0.2) is 4.98 Å². The molecule has 1 aromatic heterocycles. The number of imidazole rings is 1. The summed E-state index contributed by atoms with van der Waals surface area (Å²) in [5.74, 6) is 0.595. The van der Waals surface area contributed by atoms with Crippen LogP contribution in [0.2, 0.25) is 0 Å². The molecule has 0 saturated heterocycles. The number of nitrogens with two attached hydrogens (primary N) is 1. The molecule has 1 aromatic rings. The minimum Gasteiger partial charge on any atom is -0.369 e. The van der Waals surface area contributed by atoms with Crippen molar-refractivity contribution in [3.63, 3.8) is 0 Å². The summed E-state index contributed by atoms with van der Waals surface area (Å²) in [6.45, 7) is 6.26. The van der Waals surface area contributed by atoms with Crippen LogP contribution < -0.4 is 5.73 Å². The molecular formula is C9H18N4. The summed E-state index contributed by atoms with van der Waals surface area (Å²) >= 11 is 0. The molecule has 1 rings (SSSR count). The molecule has 0 aromatic carbocycles. The van der Waals surface area contributed by atoms with E-state index in [1.165, 1.54) is 0 Å². The van der Waals surface area contributed by atoms with Crippen LogP contribution in [0.4, 0.5) is 5.95 Å². The zero-order valence-electron chi connectivity index (χ0n) is 8.57. The molecule has 74 valence electrons. The minimum atomic E-state index is 0.574. The lowest BCUT2D eigenvalue weighted by Crippen LogP contribution is -2.29. The normalized spacial score (nSPS) is 11.5. The maximum atomic E-state index is 5.64. The molecule has 0 radical (unpaired) electrons. The lowest BCUT2D eigenvalue weighted by atomic mass is 10.3. The summed E-state index contributed by atoms with van der Waals surface area (Å²) in [5.41, 5.74) is 5.64. The van der Waals surface area contributed by atoms with Crippen LogP contribution in [0.3, 0.4) is 0 Å². The van der Waals surface area contributed by atoms with Gasteiger partial charge in [0.2, 0.25) is 0 Å². The monoisotopic (exact) mass is 182 g/mol. The minimum absolute atomic E-state index is 0.574. The maximum Gasteiger partial charge on any atom is 0.200 e. The molecule has 0 fully saturated rings. The molecule has 4 heteroatoms. The van der Waals surface area contributed by atoms with E-state index in [1.54, 1.807) is 6.20 Å². The maximum absolute atomic E-state index is 5.64. The van der Waals surface area contributed by atoms with Gasteiger partial charge in [0.05, 0.1) is 0 Å². The highest BCUT2D eigenvalue weighted by molar-refractivity contribution is 5.16. The van der Waals surface area contributed by atoms with E-state index in [0.717, 1.165) is 13.1 Å². The van der Waals surface area contributed by atoms with Gasteiger partial charge in [-0.2, -0.15) is 0 Å². The number of rotatable bonds is 4. The summed E-state index contributed by atoms with van der Waals surface area (Å²) in [7, 11) is 2.11. The van der Waals surface area contributed by atoms with Crippen LogP contribution >= 0.6 is 0 Å². The van der Waals surface area contributed by atoms with Crippen LogP contribution in [-0.4, -0.2) is 34.1 Å². The van der Waals surface area contributed by atoms with E-state index in [-0.39, 0.29) is 0 Å². The Kier molecular flexibility index (Phi) is 3.31. The van der Waals surface area contributed by atoms with E-state index < -0.39 is 0 Å². The Bertz CT molecular complexity index is 254. The van der Waals surface area contributed by atoms with E-state index in [2.05, 4.69) is 30.8 Å². The third-order valence-electron chi connectivity index (χ3n) is 2.32. The Morgan fingerprint density at radius 2 is 2.31 bits per heavy atom. The number of hydrogen-bond acceptors (Lipinski definition) is 3. The zero-order valence-corrected chi connectivity index (χ0v) is 8.57. The second kappa shape index (κ2) is 4.28. The molecule has 4 nitrogen and oxygen atoms in total. The Labute approximate surface area is 79.4 Å². The highest BCUT2D eigenvalue weighted by Gasteiger charge is 2.03. The van der Waals surface area contributed by atoms with E-state index in [9.17, 15) is 0 Å². The quantitative estimate of drug-likeness (QED) is 0.749. The Morgan fingerprint density at radius 1 is 1.62 bits per heavy atom. The van der Waals surface area contributed by atoms with E-state index >= 15 is 0 Å². The molecule has 0 amide bonds. The smallest absolute Gasteiger partial charge is 0.200 e. The molecule has 0 atom stereocenters. The summed E-state index contributed by atoms with van der Waals surface area (Å²) in [5, 5.41) is 0. The van der Waals surface area contributed by atoms with E-state index in [1.807, 2.05) is 10.8 Å². The summed E-state index contributed by atoms with van der Waals surface area (Å²) in [6, 6.07) is 0.574. The first-order chi connectivity index (χ1) is 6.11. The summed E-state index contributed by atoms with van der Waals surface area (Å²) in [4.78, 5) is 6.24. The van der Waals surface area contributed by atoms with E-state index in [0.29, 0.717) is 12.0 Å². The number of hydrogen-bond donors (Lipinski definition) is 1. The third-order valence-corrected chi connectivity index (χ3v) is 2.32. The summed E-state index contributed by atoms with van der Waals surface area (Å²) in [6.07, 6.45) is 3.63. The van der Waals surface area contributed by atoms with Crippen molar-refractivity contribution in [1.29, 1.82) is 0 Å². The van der Waals surface area contributed by atoms with Gasteiger partial charge in [-0.1, -0.05) is 0 Å². The molecule has 0 bridgehead atoms. The lowest BCUT2D eigenvalue weighted by Gasteiger charge is -2.21. The predicted octanol–water partition coefficient (Wildman–Crippen LogP) is 0.805.